The topological polar surface area (TPSA) is 21.3 Å². The maximum absolute atomic E-state index is 5.78. The molecule has 2 nitrogen and oxygen atoms in total. The largest absolute Gasteiger partial charge is 0.494 e. The fourth-order valence-corrected chi connectivity index (χ4v) is 2.32. The first-order valence-electron chi connectivity index (χ1n) is 7.27. The van der Waals surface area contributed by atoms with E-state index in [1.54, 1.807) is 0 Å². The van der Waals surface area contributed by atoms with Crippen molar-refractivity contribution in [3.63, 3.8) is 0 Å². The Morgan fingerprint density at radius 1 is 1.05 bits per heavy atom. The highest BCUT2D eigenvalue weighted by atomic mass is 16.5. The normalized spacial score (nSPS) is 12.1. The minimum absolute atomic E-state index is 0.338. The molecule has 1 N–H and O–H groups in total. The number of benzene rings is 2. The number of rotatable bonds is 7. The fraction of sp³-hybridized carbons (Fsp3) is 0.333. The lowest BCUT2D eigenvalue weighted by molar-refractivity contribution is 0.290. The van der Waals surface area contributed by atoms with Crippen LogP contribution in [0.1, 0.15) is 30.5 Å². The van der Waals surface area contributed by atoms with E-state index in [9.17, 15) is 0 Å². The van der Waals surface area contributed by atoms with E-state index in [2.05, 4.69) is 36.5 Å². The molecule has 2 aromatic carbocycles. The number of hydrogen-bond donors (Lipinski definition) is 1. The summed E-state index contributed by atoms with van der Waals surface area (Å²) in [5.41, 5.74) is 2.72. The van der Waals surface area contributed by atoms with Gasteiger partial charge in [-0.3, -0.25) is 0 Å². The number of nitrogens with one attached hydrogen (secondary N) is 1. The Kier molecular flexibility index (Phi) is 5.63. The van der Waals surface area contributed by atoms with E-state index in [0.717, 1.165) is 18.6 Å². The lowest BCUT2D eigenvalue weighted by atomic mass is 10.0. The molecule has 0 saturated heterocycles. The number of aryl methyl sites for hydroxylation is 1. The molecule has 0 amide bonds. The quantitative estimate of drug-likeness (QED) is 0.821. The van der Waals surface area contributed by atoms with E-state index < -0.39 is 0 Å². The third-order valence-corrected chi connectivity index (χ3v) is 3.53. The van der Waals surface area contributed by atoms with E-state index >= 15 is 0 Å². The SMILES string of the molecule is CCc1cccc(C(CCOc2ccccc2)NC)c1. The molecule has 0 radical (unpaired) electrons. The minimum Gasteiger partial charge on any atom is -0.494 e. The van der Waals surface area contributed by atoms with Gasteiger partial charge in [0, 0.05) is 12.5 Å². The van der Waals surface area contributed by atoms with Crippen molar-refractivity contribution < 1.29 is 4.74 Å². The van der Waals surface area contributed by atoms with Crippen LogP contribution in [0.3, 0.4) is 0 Å². The molecule has 0 aliphatic heterocycles. The Morgan fingerprint density at radius 2 is 1.85 bits per heavy atom. The molecule has 2 heteroatoms. The second kappa shape index (κ2) is 7.71. The summed E-state index contributed by atoms with van der Waals surface area (Å²) in [5.74, 6) is 0.935. The van der Waals surface area contributed by atoms with Gasteiger partial charge in [-0.05, 0) is 36.7 Å². The molecule has 1 atom stereocenters. The Bertz CT molecular complexity index is 510. The van der Waals surface area contributed by atoms with Crippen molar-refractivity contribution in [2.75, 3.05) is 13.7 Å². The first-order valence-corrected chi connectivity index (χ1v) is 7.27. The third kappa shape index (κ3) is 4.10. The molecular weight excluding hydrogens is 246 g/mol. The van der Waals surface area contributed by atoms with Gasteiger partial charge in [0.1, 0.15) is 5.75 Å². The monoisotopic (exact) mass is 269 g/mol. The smallest absolute Gasteiger partial charge is 0.119 e. The second-order valence-electron chi connectivity index (χ2n) is 4.89. The Morgan fingerprint density at radius 3 is 2.55 bits per heavy atom. The molecule has 0 aromatic heterocycles. The molecular formula is C18H23NO. The highest BCUT2D eigenvalue weighted by Crippen LogP contribution is 2.19. The summed E-state index contributed by atoms with van der Waals surface area (Å²) >= 11 is 0. The number of hydrogen-bond acceptors (Lipinski definition) is 2. The molecule has 106 valence electrons. The number of ether oxygens (including phenoxy) is 1. The fourth-order valence-electron chi connectivity index (χ4n) is 2.32. The van der Waals surface area contributed by atoms with Crippen LogP contribution in [-0.2, 0) is 6.42 Å². The van der Waals surface area contributed by atoms with Gasteiger partial charge in [0.25, 0.3) is 0 Å². The van der Waals surface area contributed by atoms with Crippen LogP contribution in [0.5, 0.6) is 5.75 Å². The van der Waals surface area contributed by atoms with Crippen molar-refractivity contribution >= 4 is 0 Å². The van der Waals surface area contributed by atoms with Gasteiger partial charge >= 0.3 is 0 Å². The Labute approximate surface area is 121 Å². The van der Waals surface area contributed by atoms with E-state index in [1.807, 2.05) is 37.4 Å². The summed E-state index contributed by atoms with van der Waals surface area (Å²) in [6.07, 6.45) is 2.03. The van der Waals surface area contributed by atoms with Crippen molar-refractivity contribution in [3.8, 4) is 5.75 Å². The van der Waals surface area contributed by atoms with Crippen LogP contribution in [-0.4, -0.2) is 13.7 Å². The van der Waals surface area contributed by atoms with Crippen molar-refractivity contribution in [1.82, 2.24) is 5.32 Å². The predicted octanol–water partition coefficient (Wildman–Crippen LogP) is 3.98. The maximum atomic E-state index is 5.78. The first kappa shape index (κ1) is 14.6. The standard InChI is InChI=1S/C18H23NO/c1-3-15-8-7-9-16(14-15)18(19-2)12-13-20-17-10-5-4-6-11-17/h4-11,14,18-19H,3,12-13H2,1-2H3. The zero-order valence-electron chi connectivity index (χ0n) is 12.3. The molecule has 2 rings (SSSR count). The molecule has 0 fully saturated rings. The molecule has 2 aromatic rings. The molecule has 0 aliphatic rings. The summed E-state index contributed by atoms with van der Waals surface area (Å²) in [6.45, 7) is 2.90. The third-order valence-electron chi connectivity index (χ3n) is 3.53. The summed E-state index contributed by atoms with van der Waals surface area (Å²) in [4.78, 5) is 0. The van der Waals surface area contributed by atoms with Gasteiger partial charge in [-0.1, -0.05) is 49.4 Å². The van der Waals surface area contributed by atoms with E-state index in [1.165, 1.54) is 11.1 Å². The van der Waals surface area contributed by atoms with Crippen LogP contribution in [0.25, 0.3) is 0 Å². The minimum atomic E-state index is 0.338. The Balaban J connectivity index is 1.91. The zero-order chi connectivity index (χ0) is 14.2. The van der Waals surface area contributed by atoms with Gasteiger partial charge in [0.15, 0.2) is 0 Å². The molecule has 0 saturated carbocycles. The van der Waals surface area contributed by atoms with E-state index in [4.69, 9.17) is 4.74 Å². The van der Waals surface area contributed by atoms with Crippen LogP contribution in [0, 0.1) is 0 Å². The van der Waals surface area contributed by atoms with Crippen LogP contribution in [0.2, 0.25) is 0 Å². The Hall–Kier alpha value is -1.80. The summed E-state index contributed by atoms with van der Waals surface area (Å²) in [7, 11) is 2.01. The highest BCUT2D eigenvalue weighted by Gasteiger charge is 2.09. The van der Waals surface area contributed by atoms with Crippen molar-refractivity contribution in [3.05, 3.63) is 65.7 Å². The second-order valence-corrected chi connectivity index (χ2v) is 4.89. The maximum Gasteiger partial charge on any atom is 0.119 e. The molecule has 0 heterocycles. The molecule has 0 aliphatic carbocycles. The van der Waals surface area contributed by atoms with E-state index in [-0.39, 0.29) is 0 Å². The molecule has 0 bridgehead atoms. The van der Waals surface area contributed by atoms with Crippen LogP contribution < -0.4 is 10.1 Å². The number of para-hydroxylation sites is 1. The summed E-state index contributed by atoms with van der Waals surface area (Å²) in [6, 6.07) is 19.1. The van der Waals surface area contributed by atoms with E-state index in [0.29, 0.717) is 12.6 Å². The van der Waals surface area contributed by atoms with Gasteiger partial charge in [-0.2, -0.15) is 0 Å². The predicted molar refractivity (Wildman–Crippen MR) is 84.2 cm³/mol. The average Bonchev–Trinajstić information content (AvgIpc) is 2.52. The highest BCUT2D eigenvalue weighted by molar-refractivity contribution is 5.26. The van der Waals surface area contributed by atoms with Gasteiger partial charge in [-0.15, -0.1) is 0 Å². The molecule has 1 unspecified atom stereocenters. The molecule has 20 heavy (non-hydrogen) atoms. The average molecular weight is 269 g/mol. The van der Waals surface area contributed by atoms with Crippen molar-refractivity contribution in [2.24, 2.45) is 0 Å². The molecule has 0 spiro atoms. The van der Waals surface area contributed by atoms with Gasteiger partial charge in [0.2, 0.25) is 0 Å². The first-order chi connectivity index (χ1) is 9.83. The lowest BCUT2D eigenvalue weighted by Crippen LogP contribution is -2.19. The van der Waals surface area contributed by atoms with Crippen molar-refractivity contribution in [1.29, 1.82) is 0 Å². The summed E-state index contributed by atoms with van der Waals surface area (Å²) in [5, 5.41) is 3.38. The van der Waals surface area contributed by atoms with Gasteiger partial charge in [-0.25, -0.2) is 0 Å². The lowest BCUT2D eigenvalue weighted by Gasteiger charge is -2.18. The van der Waals surface area contributed by atoms with Gasteiger partial charge in [0.05, 0.1) is 6.61 Å². The van der Waals surface area contributed by atoms with Gasteiger partial charge < -0.3 is 10.1 Å². The van der Waals surface area contributed by atoms with Crippen LogP contribution >= 0.6 is 0 Å². The summed E-state index contributed by atoms with van der Waals surface area (Å²) < 4.78 is 5.78. The van der Waals surface area contributed by atoms with Crippen LogP contribution in [0.4, 0.5) is 0 Å². The zero-order valence-corrected chi connectivity index (χ0v) is 12.3. The van der Waals surface area contributed by atoms with Crippen LogP contribution in [0.15, 0.2) is 54.6 Å². The van der Waals surface area contributed by atoms with Crippen molar-refractivity contribution in [2.45, 2.75) is 25.8 Å².